The Morgan fingerprint density at radius 1 is 1.10 bits per heavy atom. The molecule has 0 aliphatic rings. The fourth-order valence-electron chi connectivity index (χ4n) is 2.77. The third-order valence-corrected chi connectivity index (χ3v) is 4.60. The molecule has 2 aromatic carbocycles. The van der Waals surface area contributed by atoms with Crippen molar-refractivity contribution in [2.24, 2.45) is 10.7 Å². The molecule has 0 unspecified atom stereocenters. The number of hydrogen-bond acceptors (Lipinski definition) is 6. The molecule has 0 aliphatic heterocycles. The van der Waals surface area contributed by atoms with E-state index in [1.807, 2.05) is 30.3 Å². The molecule has 10 heteroatoms. The van der Waals surface area contributed by atoms with Gasteiger partial charge < -0.3 is 25.0 Å². The highest BCUT2D eigenvalue weighted by atomic mass is 127. The highest BCUT2D eigenvalue weighted by Crippen LogP contribution is 2.27. The molecule has 0 spiro atoms. The molecule has 3 N–H and O–H groups in total. The Morgan fingerprint density at radius 2 is 1.84 bits per heavy atom. The molecule has 0 bridgehead atoms. The fraction of sp³-hybridized carbons (Fsp3) is 0.286. The van der Waals surface area contributed by atoms with Crippen molar-refractivity contribution in [3.05, 3.63) is 58.9 Å². The van der Waals surface area contributed by atoms with E-state index in [-0.39, 0.29) is 24.0 Å². The minimum atomic E-state index is 0. The number of aliphatic imine (C=N–C) groups is 1. The van der Waals surface area contributed by atoms with Crippen LogP contribution in [0.15, 0.2) is 52.0 Å². The van der Waals surface area contributed by atoms with Gasteiger partial charge in [0.05, 0.1) is 20.8 Å². The summed E-state index contributed by atoms with van der Waals surface area (Å²) in [5.41, 5.74) is 7.88. The van der Waals surface area contributed by atoms with E-state index in [1.54, 1.807) is 26.4 Å². The van der Waals surface area contributed by atoms with E-state index >= 15 is 0 Å². The predicted molar refractivity (Wildman–Crippen MR) is 132 cm³/mol. The van der Waals surface area contributed by atoms with Crippen LogP contribution in [0.3, 0.4) is 0 Å². The summed E-state index contributed by atoms with van der Waals surface area (Å²) in [5.74, 6) is 2.80. The summed E-state index contributed by atoms with van der Waals surface area (Å²) in [6.45, 7) is 1.09. The van der Waals surface area contributed by atoms with Crippen molar-refractivity contribution >= 4 is 41.5 Å². The van der Waals surface area contributed by atoms with E-state index in [2.05, 4.69) is 20.4 Å². The van der Waals surface area contributed by atoms with Crippen LogP contribution in [0.5, 0.6) is 11.5 Å². The van der Waals surface area contributed by atoms with Gasteiger partial charge in [-0.1, -0.05) is 22.8 Å². The van der Waals surface area contributed by atoms with E-state index in [9.17, 15) is 0 Å². The number of benzene rings is 2. The number of nitrogens with two attached hydrogens (primary N) is 1. The first kappa shape index (κ1) is 24.7. The van der Waals surface area contributed by atoms with Crippen LogP contribution in [-0.2, 0) is 12.8 Å². The average Bonchev–Trinajstić information content (AvgIpc) is 3.23. The smallest absolute Gasteiger partial charge is 0.228 e. The van der Waals surface area contributed by atoms with Gasteiger partial charge in [0.25, 0.3) is 0 Å². The molecular formula is C21H25ClIN5O3. The van der Waals surface area contributed by atoms with E-state index in [0.717, 1.165) is 17.5 Å². The van der Waals surface area contributed by atoms with E-state index in [4.69, 9.17) is 31.3 Å². The molecule has 0 atom stereocenters. The van der Waals surface area contributed by atoms with Crippen LogP contribution in [0.1, 0.15) is 11.5 Å². The van der Waals surface area contributed by atoms with Gasteiger partial charge in [-0.3, -0.25) is 4.99 Å². The van der Waals surface area contributed by atoms with Crippen LogP contribution in [0.2, 0.25) is 5.02 Å². The van der Waals surface area contributed by atoms with Gasteiger partial charge in [0.1, 0.15) is 0 Å². The van der Waals surface area contributed by atoms with Crippen LogP contribution < -0.4 is 20.5 Å². The Hall–Kier alpha value is -2.53. The molecule has 1 heterocycles. The molecular weight excluding hydrogens is 533 g/mol. The molecule has 0 saturated carbocycles. The highest BCUT2D eigenvalue weighted by Gasteiger charge is 2.08. The third-order valence-electron chi connectivity index (χ3n) is 4.35. The summed E-state index contributed by atoms with van der Waals surface area (Å²) < 4.78 is 15.8. The summed E-state index contributed by atoms with van der Waals surface area (Å²) in [4.78, 5) is 8.66. The van der Waals surface area contributed by atoms with Gasteiger partial charge in [-0.2, -0.15) is 4.98 Å². The standard InChI is InChI=1S/C21H24ClN5O3.HI/c1-28-17-8-3-14(13-18(17)29-2)9-11-24-21(23)25-12-10-19-26-20(27-30-19)15-4-6-16(22)7-5-15;/h3-8,13H,9-12H2,1-2H3,(H3,23,24,25);1H. The zero-order valence-corrected chi connectivity index (χ0v) is 20.4. The zero-order valence-electron chi connectivity index (χ0n) is 17.3. The van der Waals surface area contributed by atoms with E-state index in [1.165, 1.54) is 0 Å². The fourth-order valence-corrected chi connectivity index (χ4v) is 2.90. The number of ether oxygens (including phenoxy) is 2. The Kier molecular flexibility index (Phi) is 9.86. The summed E-state index contributed by atoms with van der Waals surface area (Å²) >= 11 is 5.89. The quantitative estimate of drug-likeness (QED) is 0.235. The first-order valence-corrected chi connectivity index (χ1v) is 9.80. The molecule has 0 fully saturated rings. The second kappa shape index (κ2) is 12.4. The molecule has 3 rings (SSSR count). The van der Waals surface area contributed by atoms with Crippen molar-refractivity contribution in [2.45, 2.75) is 12.8 Å². The number of halogens is 2. The second-order valence-corrected chi connectivity index (χ2v) is 6.84. The van der Waals surface area contributed by atoms with Crippen LogP contribution >= 0.6 is 35.6 Å². The maximum absolute atomic E-state index is 5.93. The lowest BCUT2D eigenvalue weighted by Gasteiger charge is -2.10. The molecule has 31 heavy (non-hydrogen) atoms. The minimum absolute atomic E-state index is 0. The molecule has 3 aromatic rings. The molecule has 8 nitrogen and oxygen atoms in total. The Bertz CT molecular complexity index is 995. The molecule has 0 aliphatic carbocycles. The number of guanidine groups is 1. The monoisotopic (exact) mass is 557 g/mol. The lowest BCUT2D eigenvalue weighted by atomic mass is 10.1. The lowest BCUT2D eigenvalue weighted by molar-refractivity contribution is 0.354. The topological polar surface area (TPSA) is 108 Å². The van der Waals surface area contributed by atoms with Gasteiger partial charge in [0.2, 0.25) is 11.7 Å². The maximum atomic E-state index is 5.93. The molecule has 0 radical (unpaired) electrons. The number of aromatic nitrogens is 2. The van der Waals surface area contributed by atoms with Crippen LogP contribution in [-0.4, -0.2) is 43.4 Å². The summed E-state index contributed by atoms with van der Waals surface area (Å²) in [6.07, 6.45) is 1.27. The van der Waals surface area contributed by atoms with Gasteiger partial charge in [0, 0.05) is 23.6 Å². The lowest BCUT2D eigenvalue weighted by Crippen LogP contribution is -2.33. The number of nitrogens with zero attached hydrogens (tertiary/aromatic N) is 3. The van der Waals surface area contributed by atoms with Crippen molar-refractivity contribution in [1.29, 1.82) is 0 Å². The number of nitrogens with one attached hydrogen (secondary N) is 1. The Morgan fingerprint density at radius 3 is 2.55 bits per heavy atom. The van der Waals surface area contributed by atoms with Crippen molar-refractivity contribution in [1.82, 2.24) is 15.5 Å². The normalized spacial score (nSPS) is 11.0. The maximum Gasteiger partial charge on any atom is 0.228 e. The SMILES string of the molecule is COc1ccc(CCNC(N)=NCCc2nc(-c3ccc(Cl)cc3)no2)cc1OC.I. The largest absolute Gasteiger partial charge is 0.493 e. The Balaban J connectivity index is 0.00000341. The van der Waals surface area contributed by atoms with Gasteiger partial charge in [-0.05, 0) is 48.4 Å². The number of hydrogen-bond donors (Lipinski definition) is 2. The van der Waals surface area contributed by atoms with Gasteiger partial charge >= 0.3 is 0 Å². The van der Waals surface area contributed by atoms with Gasteiger partial charge in [-0.25, -0.2) is 0 Å². The van der Waals surface area contributed by atoms with E-state index in [0.29, 0.717) is 53.7 Å². The van der Waals surface area contributed by atoms with Crippen molar-refractivity contribution < 1.29 is 14.0 Å². The average molecular weight is 558 g/mol. The second-order valence-electron chi connectivity index (χ2n) is 6.40. The van der Waals surface area contributed by atoms with Crippen molar-refractivity contribution in [3.8, 4) is 22.9 Å². The van der Waals surface area contributed by atoms with Gasteiger partial charge in [0.15, 0.2) is 17.5 Å². The van der Waals surface area contributed by atoms with Crippen molar-refractivity contribution in [3.63, 3.8) is 0 Å². The van der Waals surface area contributed by atoms with Crippen LogP contribution in [0.25, 0.3) is 11.4 Å². The third kappa shape index (κ3) is 7.28. The highest BCUT2D eigenvalue weighted by molar-refractivity contribution is 14.0. The summed E-state index contributed by atoms with van der Waals surface area (Å²) in [5, 5.41) is 7.73. The number of methoxy groups -OCH3 is 2. The Labute approximate surface area is 203 Å². The molecule has 166 valence electrons. The molecule has 1 aromatic heterocycles. The molecule has 0 amide bonds. The molecule has 0 saturated heterocycles. The first-order valence-electron chi connectivity index (χ1n) is 9.42. The van der Waals surface area contributed by atoms with Crippen LogP contribution in [0.4, 0.5) is 0 Å². The van der Waals surface area contributed by atoms with E-state index < -0.39 is 0 Å². The summed E-state index contributed by atoms with van der Waals surface area (Å²) in [6, 6.07) is 13.1. The minimum Gasteiger partial charge on any atom is -0.493 e. The number of rotatable bonds is 9. The predicted octanol–water partition coefficient (Wildman–Crippen LogP) is 3.71. The summed E-state index contributed by atoms with van der Waals surface area (Å²) in [7, 11) is 3.23. The zero-order chi connectivity index (χ0) is 21.3. The van der Waals surface area contributed by atoms with Crippen molar-refractivity contribution in [2.75, 3.05) is 27.3 Å². The van der Waals surface area contributed by atoms with Crippen LogP contribution in [0, 0.1) is 0 Å². The van der Waals surface area contributed by atoms with Gasteiger partial charge in [-0.15, -0.1) is 24.0 Å². The first-order chi connectivity index (χ1) is 14.6.